The fourth-order valence-corrected chi connectivity index (χ4v) is 4.87. The number of non-ortho nitro benzene ring substituents is 1. The first-order valence-corrected chi connectivity index (χ1v) is 12.2. The number of ketones is 1. The number of aliphatic hydroxyl groups is 1. The van der Waals surface area contributed by atoms with Gasteiger partial charge in [0.05, 0.1) is 29.8 Å². The third-order valence-corrected chi connectivity index (χ3v) is 6.75. The van der Waals surface area contributed by atoms with Gasteiger partial charge in [-0.05, 0) is 42.3 Å². The molecule has 0 radical (unpaired) electrons. The first kappa shape index (κ1) is 24.7. The summed E-state index contributed by atoms with van der Waals surface area (Å²) in [6, 6.07) is 9.60. The Hall–Kier alpha value is -3.96. The Morgan fingerprint density at radius 1 is 0.973 bits per heavy atom. The number of ether oxygens (including phenoxy) is 3. The summed E-state index contributed by atoms with van der Waals surface area (Å²) in [5, 5.41) is 22.5. The highest BCUT2D eigenvalue weighted by Crippen LogP contribution is 2.41. The molecule has 2 aromatic carbocycles. The van der Waals surface area contributed by atoms with Crippen molar-refractivity contribution in [1.82, 2.24) is 9.80 Å². The number of carbonyl (C=O) groups excluding carboxylic acids is 2. The lowest BCUT2D eigenvalue weighted by atomic mass is 9.95. The second-order valence-electron chi connectivity index (χ2n) is 9.01. The van der Waals surface area contributed by atoms with Crippen molar-refractivity contribution in [2.45, 2.75) is 12.5 Å². The molecule has 0 unspecified atom stereocenters. The molecule has 194 valence electrons. The van der Waals surface area contributed by atoms with Gasteiger partial charge in [0.2, 0.25) is 0 Å². The van der Waals surface area contributed by atoms with Crippen molar-refractivity contribution >= 4 is 23.1 Å². The van der Waals surface area contributed by atoms with E-state index >= 15 is 0 Å². The van der Waals surface area contributed by atoms with Crippen LogP contribution in [0.4, 0.5) is 5.69 Å². The minimum atomic E-state index is -0.890. The van der Waals surface area contributed by atoms with E-state index in [9.17, 15) is 24.8 Å². The van der Waals surface area contributed by atoms with Gasteiger partial charge < -0.3 is 24.2 Å². The summed E-state index contributed by atoms with van der Waals surface area (Å²) in [5.41, 5.74) is 0.625. The largest absolute Gasteiger partial charge is 0.507 e. The summed E-state index contributed by atoms with van der Waals surface area (Å²) in [4.78, 5) is 40.7. The zero-order chi connectivity index (χ0) is 25.9. The molecule has 0 aromatic heterocycles. The Morgan fingerprint density at radius 2 is 1.68 bits per heavy atom. The zero-order valence-corrected chi connectivity index (χ0v) is 20.1. The first-order valence-electron chi connectivity index (χ1n) is 12.2. The van der Waals surface area contributed by atoms with Crippen molar-refractivity contribution in [3.8, 4) is 11.5 Å². The number of nitro benzene ring substituents is 1. The van der Waals surface area contributed by atoms with Gasteiger partial charge >= 0.3 is 0 Å². The van der Waals surface area contributed by atoms with Crippen LogP contribution < -0.4 is 9.47 Å². The van der Waals surface area contributed by atoms with Gasteiger partial charge in [-0.2, -0.15) is 0 Å². The number of Topliss-reactive ketones (excluding diaryl/α,β-unsaturated/α-hetero) is 1. The first-order chi connectivity index (χ1) is 17.9. The minimum Gasteiger partial charge on any atom is -0.507 e. The van der Waals surface area contributed by atoms with E-state index in [0.717, 1.165) is 19.6 Å². The Kier molecular flexibility index (Phi) is 7.06. The molecule has 2 aromatic rings. The number of nitro groups is 1. The number of rotatable bonds is 7. The maximum atomic E-state index is 13.2. The van der Waals surface area contributed by atoms with E-state index in [2.05, 4.69) is 4.90 Å². The molecule has 3 heterocycles. The number of amides is 1. The number of nitrogens with zero attached hydrogens (tertiary/aromatic N) is 3. The summed E-state index contributed by atoms with van der Waals surface area (Å²) in [6.07, 6.45) is 0.612. The molecule has 0 aliphatic carbocycles. The van der Waals surface area contributed by atoms with Crippen LogP contribution >= 0.6 is 0 Å². The Labute approximate surface area is 213 Å². The average molecular weight is 510 g/mol. The quantitative estimate of drug-likeness (QED) is 0.197. The molecule has 1 amide bonds. The topological polar surface area (TPSA) is 132 Å². The van der Waals surface area contributed by atoms with E-state index < -0.39 is 22.7 Å². The van der Waals surface area contributed by atoms with Gasteiger partial charge in [-0.15, -0.1) is 0 Å². The molecule has 37 heavy (non-hydrogen) atoms. The number of carbonyl (C=O) groups is 2. The van der Waals surface area contributed by atoms with Crippen molar-refractivity contribution in [3.63, 3.8) is 0 Å². The average Bonchev–Trinajstić information content (AvgIpc) is 3.18. The maximum absolute atomic E-state index is 13.2. The van der Waals surface area contributed by atoms with Gasteiger partial charge in [-0.25, -0.2) is 0 Å². The monoisotopic (exact) mass is 509 g/mol. The van der Waals surface area contributed by atoms with Crippen LogP contribution in [-0.4, -0.2) is 84.1 Å². The molecule has 0 spiro atoms. The summed E-state index contributed by atoms with van der Waals surface area (Å²) < 4.78 is 16.5. The van der Waals surface area contributed by atoms with Crippen LogP contribution in [0, 0.1) is 10.1 Å². The fourth-order valence-electron chi connectivity index (χ4n) is 4.87. The molecular formula is C26H27N3O8. The molecule has 0 saturated carbocycles. The lowest BCUT2D eigenvalue weighted by molar-refractivity contribution is -0.384. The van der Waals surface area contributed by atoms with E-state index in [4.69, 9.17) is 14.2 Å². The van der Waals surface area contributed by atoms with E-state index in [1.165, 1.54) is 29.2 Å². The number of aliphatic hydroxyl groups excluding tert-OH is 1. The van der Waals surface area contributed by atoms with Crippen molar-refractivity contribution in [1.29, 1.82) is 0 Å². The molecule has 3 aliphatic heterocycles. The van der Waals surface area contributed by atoms with E-state index in [0.29, 0.717) is 55.5 Å². The van der Waals surface area contributed by atoms with E-state index in [1.54, 1.807) is 18.2 Å². The van der Waals surface area contributed by atoms with Crippen LogP contribution in [0.3, 0.4) is 0 Å². The highest BCUT2D eigenvalue weighted by molar-refractivity contribution is 6.46. The number of fused-ring (bicyclic) bond motifs is 1. The molecule has 11 nitrogen and oxygen atoms in total. The standard InChI is InChI=1S/C26H27N3O8/c30-24(18-4-7-20-21(16-18)37-15-14-36-20)22-23(17-2-5-19(6-3-17)29(33)34)28(26(32)25(22)31)9-1-8-27-10-12-35-13-11-27/h2-7,16,23,30H,1,8-15H2/b24-22+/t23-/m1/s1. The van der Waals surface area contributed by atoms with Gasteiger partial charge in [-0.3, -0.25) is 24.6 Å². The van der Waals surface area contributed by atoms with Gasteiger partial charge in [0.1, 0.15) is 19.0 Å². The SMILES string of the molecule is O=C1C(=O)N(CCCN2CCOCC2)[C@H](c2ccc([N+](=O)[O-])cc2)/C1=C(\O)c1ccc2c(c1)OCCO2. The van der Waals surface area contributed by atoms with Crippen molar-refractivity contribution in [2.24, 2.45) is 0 Å². The predicted molar refractivity (Wildman–Crippen MR) is 131 cm³/mol. The smallest absolute Gasteiger partial charge is 0.295 e. The zero-order valence-electron chi connectivity index (χ0n) is 20.1. The van der Waals surface area contributed by atoms with Crippen LogP contribution in [0.25, 0.3) is 5.76 Å². The second kappa shape index (κ2) is 10.6. The van der Waals surface area contributed by atoms with Crippen molar-refractivity contribution in [3.05, 3.63) is 69.3 Å². The van der Waals surface area contributed by atoms with Crippen molar-refractivity contribution < 1.29 is 33.8 Å². The number of morpholine rings is 1. The number of hydrogen-bond donors (Lipinski definition) is 1. The Bertz CT molecular complexity index is 1240. The second-order valence-corrected chi connectivity index (χ2v) is 9.01. The number of likely N-dealkylation sites (tertiary alicyclic amines) is 1. The third-order valence-electron chi connectivity index (χ3n) is 6.75. The number of hydrogen-bond acceptors (Lipinski definition) is 9. The third kappa shape index (κ3) is 5.00. The van der Waals surface area contributed by atoms with Crippen LogP contribution in [0.1, 0.15) is 23.6 Å². The molecule has 2 saturated heterocycles. The minimum absolute atomic E-state index is 0.0677. The van der Waals surface area contributed by atoms with Gasteiger partial charge in [0.15, 0.2) is 11.5 Å². The van der Waals surface area contributed by atoms with Crippen LogP contribution in [-0.2, 0) is 14.3 Å². The summed E-state index contributed by atoms with van der Waals surface area (Å²) in [7, 11) is 0. The molecule has 5 rings (SSSR count). The van der Waals surface area contributed by atoms with E-state index in [-0.39, 0.29) is 23.6 Å². The molecule has 1 atom stereocenters. The molecule has 2 fully saturated rings. The van der Waals surface area contributed by atoms with Crippen LogP contribution in [0.5, 0.6) is 11.5 Å². The summed E-state index contributed by atoms with van der Waals surface area (Å²) >= 11 is 0. The summed E-state index contributed by atoms with van der Waals surface area (Å²) in [6.45, 7) is 4.68. The van der Waals surface area contributed by atoms with Gasteiger partial charge in [-0.1, -0.05) is 0 Å². The molecular weight excluding hydrogens is 482 g/mol. The maximum Gasteiger partial charge on any atom is 0.295 e. The fraction of sp³-hybridized carbons (Fsp3) is 0.385. The van der Waals surface area contributed by atoms with Gasteiger partial charge in [0.25, 0.3) is 17.4 Å². The van der Waals surface area contributed by atoms with Crippen LogP contribution in [0.2, 0.25) is 0 Å². The van der Waals surface area contributed by atoms with Crippen LogP contribution in [0.15, 0.2) is 48.0 Å². The Balaban J connectivity index is 1.49. The molecule has 3 aliphatic rings. The highest BCUT2D eigenvalue weighted by Gasteiger charge is 2.46. The Morgan fingerprint density at radius 3 is 2.38 bits per heavy atom. The lowest BCUT2D eigenvalue weighted by Gasteiger charge is -2.29. The number of benzene rings is 2. The van der Waals surface area contributed by atoms with E-state index in [1.807, 2.05) is 0 Å². The molecule has 1 N–H and O–H groups in total. The summed E-state index contributed by atoms with van der Waals surface area (Å²) in [5.74, 6) is -0.902. The van der Waals surface area contributed by atoms with Gasteiger partial charge in [0, 0.05) is 43.9 Å². The normalized spacial score (nSPS) is 21.3. The lowest BCUT2D eigenvalue weighted by Crippen LogP contribution is -2.38. The predicted octanol–water partition coefficient (Wildman–Crippen LogP) is 2.51. The molecule has 11 heteroatoms. The molecule has 0 bridgehead atoms. The van der Waals surface area contributed by atoms with Crippen molar-refractivity contribution in [2.75, 3.05) is 52.6 Å². The highest BCUT2D eigenvalue weighted by atomic mass is 16.6.